The summed E-state index contributed by atoms with van der Waals surface area (Å²) in [6.45, 7) is 0. The molecule has 0 spiro atoms. The first kappa shape index (κ1) is 12.0. The normalized spacial score (nSPS) is 41.3. The molecule has 2 saturated heterocycles. The van der Waals surface area contributed by atoms with E-state index in [1.165, 1.54) is 7.11 Å². The van der Waals surface area contributed by atoms with Crippen LogP contribution >= 0.6 is 0 Å². The summed E-state index contributed by atoms with van der Waals surface area (Å²) in [5.41, 5.74) is 0. The molecule has 3 rings (SSSR count). The third-order valence-electron chi connectivity index (χ3n) is 4.55. The molecular formula is C13H19NO4. The number of amides is 1. The molecule has 100 valence electrons. The second-order valence-corrected chi connectivity index (χ2v) is 5.54. The lowest BCUT2D eigenvalue weighted by atomic mass is 9.73. The van der Waals surface area contributed by atoms with Crippen LogP contribution in [0.25, 0.3) is 0 Å². The number of ether oxygens (including phenoxy) is 2. The van der Waals surface area contributed by atoms with Gasteiger partial charge in [-0.3, -0.25) is 9.59 Å². The largest absolute Gasteiger partial charge is 0.469 e. The summed E-state index contributed by atoms with van der Waals surface area (Å²) in [6.07, 6.45) is 5.15. The summed E-state index contributed by atoms with van der Waals surface area (Å²) < 4.78 is 10.4. The van der Waals surface area contributed by atoms with Crippen LogP contribution in [-0.2, 0) is 19.1 Å². The maximum Gasteiger partial charge on any atom is 0.309 e. The van der Waals surface area contributed by atoms with Gasteiger partial charge in [0.2, 0.25) is 5.91 Å². The molecule has 5 heteroatoms. The van der Waals surface area contributed by atoms with E-state index in [0.29, 0.717) is 6.10 Å². The van der Waals surface area contributed by atoms with Gasteiger partial charge in [0.1, 0.15) is 0 Å². The summed E-state index contributed by atoms with van der Waals surface area (Å²) in [5.74, 6) is -0.700. The first-order chi connectivity index (χ1) is 8.69. The fourth-order valence-electron chi connectivity index (χ4n) is 3.33. The number of methoxy groups -OCH3 is 1. The molecule has 1 amide bonds. The number of fused-ring (bicyclic) bond motifs is 2. The van der Waals surface area contributed by atoms with Gasteiger partial charge in [-0.2, -0.15) is 0 Å². The van der Waals surface area contributed by atoms with Crippen LogP contribution in [0.2, 0.25) is 0 Å². The zero-order valence-corrected chi connectivity index (χ0v) is 10.6. The van der Waals surface area contributed by atoms with E-state index in [1.54, 1.807) is 0 Å². The minimum absolute atomic E-state index is 0.00204. The number of nitrogens with one attached hydrogen (secondary N) is 1. The maximum absolute atomic E-state index is 12.1. The lowest BCUT2D eigenvalue weighted by Gasteiger charge is -2.34. The molecule has 0 aromatic carbocycles. The van der Waals surface area contributed by atoms with Gasteiger partial charge in [-0.25, -0.2) is 0 Å². The molecule has 0 aromatic heterocycles. The molecule has 5 nitrogen and oxygen atoms in total. The Morgan fingerprint density at radius 1 is 1.17 bits per heavy atom. The molecule has 0 radical (unpaired) electrons. The third-order valence-corrected chi connectivity index (χ3v) is 4.55. The highest BCUT2D eigenvalue weighted by atomic mass is 16.5. The summed E-state index contributed by atoms with van der Waals surface area (Å²) in [6, 6.07) is 0.148. The molecule has 18 heavy (non-hydrogen) atoms. The topological polar surface area (TPSA) is 64.6 Å². The molecule has 3 fully saturated rings. The van der Waals surface area contributed by atoms with Crippen molar-refractivity contribution in [3.8, 4) is 0 Å². The van der Waals surface area contributed by atoms with Crippen LogP contribution in [0.3, 0.4) is 0 Å². The Bertz CT molecular complexity index is 370. The second kappa shape index (κ2) is 4.53. The smallest absolute Gasteiger partial charge is 0.309 e. The molecule has 3 aliphatic rings. The van der Waals surface area contributed by atoms with Gasteiger partial charge in [0.05, 0.1) is 37.2 Å². The van der Waals surface area contributed by atoms with E-state index in [1.807, 2.05) is 0 Å². The number of carbonyl (C=O) groups is 2. The van der Waals surface area contributed by atoms with E-state index in [0.717, 1.165) is 32.1 Å². The average Bonchev–Trinajstić information content (AvgIpc) is 2.88. The van der Waals surface area contributed by atoms with Gasteiger partial charge in [0.15, 0.2) is 0 Å². The molecule has 2 heterocycles. The fourth-order valence-corrected chi connectivity index (χ4v) is 3.33. The Morgan fingerprint density at radius 2 is 1.94 bits per heavy atom. The van der Waals surface area contributed by atoms with Gasteiger partial charge in [-0.15, -0.1) is 0 Å². The molecular weight excluding hydrogens is 234 g/mol. The van der Waals surface area contributed by atoms with Crippen LogP contribution in [0.4, 0.5) is 0 Å². The predicted molar refractivity (Wildman–Crippen MR) is 62.7 cm³/mol. The van der Waals surface area contributed by atoms with Crippen molar-refractivity contribution in [2.45, 2.75) is 50.4 Å². The lowest BCUT2D eigenvalue weighted by molar-refractivity contribution is -0.156. The van der Waals surface area contributed by atoms with Crippen molar-refractivity contribution in [2.24, 2.45) is 11.8 Å². The van der Waals surface area contributed by atoms with E-state index in [2.05, 4.69) is 5.32 Å². The molecule has 2 bridgehead atoms. The van der Waals surface area contributed by atoms with Gasteiger partial charge >= 0.3 is 5.97 Å². The maximum atomic E-state index is 12.1. The average molecular weight is 253 g/mol. The van der Waals surface area contributed by atoms with Gasteiger partial charge < -0.3 is 14.8 Å². The lowest BCUT2D eigenvalue weighted by Crippen LogP contribution is -2.49. The third kappa shape index (κ3) is 1.90. The number of hydrogen-bond donors (Lipinski definition) is 1. The summed E-state index contributed by atoms with van der Waals surface area (Å²) >= 11 is 0. The van der Waals surface area contributed by atoms with E-state index < -0.39 is 0 Å². The highest BCUT2D eigenvalue weighted by Gasteiger charge is 2.46. The number of esters is 1. The standard InChI is InChI=1S/C13H19NO4/c1-17-13(16)9-4-3-8(9)12(15)14-10-6-7-2-5-11(10)18-7/h7-11H,2-6H2,1H3,(H,14,15). The van der Waals surface area contributed by atoms with E-state index in [4.69, 9.17) is 9.47 Å². The summed E-state index contributed by atoms with van der Waals surface area (Å²) in [5, 5.41) is 3.05. The minimum Gasteiger partial charge on any atom is -0.469 e. The zero-order valence-electron chi connectivity index (χ0n) is 10.6. The van der Waals surface area contributed by atoms with Crippen LogP contribution in [0.1, 0.15) is 32.1 Å². The minimum atomic E-state index is -0.259. The van der Waals surface area contributed by atoms with Gasteiger partial charge in [-0.05, 0) is 32.1 Å². The van der Waals surface area contributed by atoms with Crippen molar-refractivity contribution in [1.82, 2.24) is 5.32 Å². The Morgan fingerprint density at radius 3 is 2.44 bits per heavy atom. The Balaban J connectivity index is 1.54. The predicted octanol–water partition coefficient (Wildman–Crippen LogP) is 0.622. The van der Waals surface area contributed by atoms with Crippen molar-refractivity contribution >= 4 is 11.9 Å². The Kier molecular flexibility index (Phi) is 3.01. The Hall–Kier alpha value is -1.10. The molecule has 0 aromatic rings. The van der Waals surface area contributed by atoms with Crippen molar-refractivity contribution in [3.05, 3.63) is 0 Å². The van der Waals surface area contributed by atoms with Crippen molar-refractivity contribution in [2.75, 3.05) is 7.11 Å². The Labute approximate surface area is 106 Å². The molecule has 1 aliphatic carbocycles. The van der Waals surface area contributed by atoms with E-state index >= 15 is 0 Å². The monoisotopic (exact) mass is 253 g/mol. The van der Waals surface area contributed by atoms with Crippen LogP contribution in [0, 0.1) is 11.8 Å². The summed E-state index contributed by atoms with van der Waals surface area (Å²) in [4.78, 5) is 23.6. The highest BCUT2D eigenvalue weighted by Crippen LogP contribution is 2.37. The molecule has 1 saturated carbocycles. The second-order valence-electron chi connectivity index (χ2n) is 5.54. The van der Waals surface area contributed by atoms with Gasteiger partial charge in [-0.1, -0.05) is 0 Å². The SMILES string of the molecule is COC(=O)C1CCC1C(=O)NC1CC2CCC1O2. The quantitative estimate of drug-likeness (QED) is 0.749. The molecule has 2 aliphatic heterocycles. The van der Waals surface area contributed by atoms with Crippen molar-refractivity contribution < 1.29 is 19.1 Å². The van der Waals surface area contributed by atoms with Crippen LogP contribution < -0.4 is 5.32 Å². The van der Waals surface area contributed by atoms with Crippen molar-refractivity contribution in [3.63, 3.8) is 0 Å². The highest BCUT2D eigenvalue weighted by molar-refractivity contribution is 5.87. The van der Waals surface area contributed by atoms with Crippen LogP contribution in [0.5, 0.6) is 0 Å². The molecule has 5 atom stereocenters. The van der Waals surface area contributed by atoms with Crippen LogP contribution in [0.15, 0.2) is 0 Å². The first-order valence-corrected chi connectivity index (χ1v) is 6.72. The number of rotatable bonds is 3. The summed E-state index contributed by atoms with van der Waals surface area (Å²) in [7, 11) is 1.37. The molecule has 1 N–H and O–H groups in total. The van der Waals surface area contributed by atoms with Gasteiger partial charge in [0, 0.05) is 0 Å². The zero-order chi connectivity index (χ0) is 12.7. The first-order valence-electron chi connectivity index (χ1n) is 6.72. The van der Waals surface area contributed by atoms with Crippen molar-refractivity contribution in [1.29, 1.82) is 0 Å². The van der Waals surface area contributed by atoms with E-state index in [-0.39, 0.29) is 35.9 Å². The number of hydrogen-bond acceptors (Lipinski definition) is 4. The van der Waals surface area contributed by atoms with E-state index in [9.17, 15) is 9.59 Å². The number of carbonyl (C=O) groups excluding carboxylic acids is 2. The van der Waals surface area contributed by atoms with Gasteiger partial charge in [0.25, 0.3) is 0 Å². The van der Waals surface area contributed by atoms with Crippen LogP contribution in [-0.4, -0.2) is 37.2 Å². The molecule has 5 unspecified atom stereocenters. The fraction of sp³-hybridized carbons (Fsp3) is 0.846.